The van der Waals surface area contributed by atoms with Crippen molar-refractivity contribution in [2.45, 2.75) is 32.2 Å². The Morgan fingerprint density at radius 3 is 2.89 bits per heavy atom. The predicted molar refractivity (Wildman–Crippen MR) is 146 cm³/mol. The van der Waals surface area contributed by atoms with E-state index in [9.17, 15) is 8.78 Å². The third kappa shape index (κ3) is 4.63. The largest absolute Gasteiger partial charge is 0.357 e. The normalized spacial score (nSPS) is 17.4. The molecular weight excluding hydrogens is 482 g/mol. The van der Waals surface area contributed by atoms with Crippen molar-refractivity contribution in [3.8, 4) is 22.6 Å². The molecule has 192 valence electrons. The van der Waals surface area contributed by atoms with Crippen molar-refractivity contribution < 1.29 is 8.78 Å². The number of aromatic nitrogens is 5. The van der Waals surface area contributed by atoms with E-state index in [1.807, 2.05) is 30.4 Å². The Labute approximate surface area is 219 Å². The van der Waals surface area contributed by atoms with Crippen LogP contribution in [0.2, 0.25) is 0 Å². The average molecular weight is 511 g/mol. The van der Waals surface area contributed by atoms with Crippen LogP contribution in [-0.4, -0.2) is 49.1 Å². The molecule has 0 saturated carbocycles. The smallest absolute Gasteiger partial charge is 0.261 e. The molecule has 0 atom stereocenters. The van der Waals surface area contributed by atoms with Gasteiger partial charge in [0.2, 0.25) is 0 Å². The average Bonchev–Trinajstić information content (AvgIpc) is 3.70. The first-order valence-electron chi connectivity index (χ1n) is 12.7. The second-order valence-corrected chi connectivity index (χ2v) is 9.90. The van der Waals surface area contributed by atoms with Gasteiger partial charge in [0.05, 0.1) is 23.4 Å². The van der Waals surface area contributed by atoms with Gasteiger partial charge in [-0.3, -0.25) is 15.0 Å². The second kappa shape index (κ2) is 9.61. The highest BCUT2D eigenvalue weighted by atomic mass is 19.3. The van der Waals surface area contributed by atoms with Gasteiger partial charge in [0.25, 0.3) is 5.92 Å². The van der Waals surface area contributed by atoms with Crippen molar-refractivity contribution in [1.29, 1.82) is 0 Å². The van der Waals surface area contributed by atoms with E-state index in [0.717, 1.165) is 62.5 Å². The molecule has 6 nitrogen and oxygen atoms in total. The minimum atomic E-state index is -2.61. The number of fused-ring (bicyclic) bond motifs is 1. The molecule has 38 heavy (non-hydrogen) atoms. The summed E-state index contributed by atoms with van der Waals surface area (Å²) in [6, 6.07) is 7.96. The molecule has 2 N–H and O–H groups in total. The Balaban J connectivity index is 1.33. The molecular formula is C30H28F2N6. The fourth-order valence-electron chi connectivity index (χ4n) is 5.24. The van der Waals surface area contributed by atoms with Gasteiger partial charge in [-0.05, 0) is 54.3 Å². The zero-order chi connectivity index (χ0) is 26.3. The first-order chi connectivity index (χ1) is 18.4. The number of rotatable bonds is 7. The zero-order valence-corrected chi connectivity index (χ0v) is 21.1. The van der Waals surface area contributed by atoms with Gasteiger partial charge in [0.1, 0.15) is 11.2 Å². The van der Waals surface area contributed by atoms with Crippen molar-refractivity contribution in [1.82, 2.24) is 30.0 Å². The Hall–Kier alpha value is -4.17. The maximum Gasteiger partial charge on any atom is 0.261 e. The minimum absolute atomic E-state index is 0.0965. The summed E-state index contributed by atoms with van der Waals surface area (Å²) >= 11 is 0. The summed E-state index contributed by atoms with van der Waals surface area (Å²) < 4.78 is 27.3. The van der Waals surface area contributed by atoms with E-state index in [0.29, 0.717) is 13.1 Å². The van der Waals surface area contributed by atoms with E-state index in [4.69, 9.17) is 4.98 Å². The molecule has 2 aliphatic rings. The number of nitrogens with one attached hydrogen (secondary N) is 2. The molecule has 0 aromatic carbocycles. The number of H-pyrrole nitrogens is 2. The Bertz CT molecular complexity index is 1620. The lowest BCUT2D eigenvalue weighted by Gasteiger charge is -2.15. The predicted octanol–water partition coefficient (Wildman–Crippen LogP) is 6.62. The van der Waals surface area contributed by atoms with Crippen LogP contribution in [0, 0.1) is 6.92 Å². The number of aromatic amines is 2. The van der Waals surface area contributed by atoms with Crippen LogP contribution in [0.1, 0.15) is 29.7 Å². The molecule has 0 amide bonds. The maximum atomic E-state index is 13.6. The summed E-state index contributed by atoms with van der Waals surface area (Å²) in [6.07, 6.45) is 14.6. The standard InChI is InChI=1S/C30H28F2N6/c1-3-6-23(21-7-4-5-8-21)24-14-27(34-19(24)2)29-28-26(36-37-29)10-9-25(35-28)22-13-20(15-33-16-22)17-38-12-11-30(31,32)18-38/h3-4,6-10,13-16,34H,1,5,11-12,17-18H2,2H3,(H,36,37)/b23-6-. The van der Waals surface area contributed by atoms with Gasteiger partial charge in [-0.2, -0.15) is 5.10 Å². The lowest BCUT2D eigenvalue weighted by molar-refractivity contribution is 0.0115. The molecule has 5 heterocycles. The summed E-state index contributed by atoms with van der Waals surface area (Å²) in [5, 5.41) is 7.67. The summed E-state index contributed by atoms with van der Waals surface area (Å²) in [7, 11) is 0. The summed E-state index contributed by atoms with van der Waals surface area (Å²) in [5.41, 5.74) is 10.0. The monoisotopic (exact) mass is 510 g/mol. The molecule has 0 bridgehead atoms. The van der Waals surface area contributed by atoms with Crippen LogP contribution in [0.15, 0.2) is 79.2 Å². The van der Waals surface area contributed by atoms with Crippen molar-refractivity contribution >= 4 is 16.6 Å². The molecule has 0 spiro atoms. The van der Waals surface area contributed by atoms with E-state index >= 15 is 0 Å². The number of pyridine rings is 2. The summed E-state index contributed by atoms with van der Waals surface area (Å²) in [5.74, 6) is -2.61. The van der Waals surface area contributed by atoms with Gasteiger partial charge >= 0.3 is 0 Å². The third-order valence-corrected chi connectivity index (χ3v) is 7.08. The first kappa shape index (κ1) is 24.2. The lowest BCUT2D eigenvalue weighted by atomic mass is 9.98. The topological polar surface area (TPSA) is 73.5 Å². The second-order valence-electron chi connectivity index (χ2n) is 9.90. The van der Waals surface area contributed by atoms with Crippen LogP contribution in [0.25, 0.3) is 39.3 Å². The molecule has 1 aliphatic carbocycles. The molecule has 1 fully saturated rings. The van der Waals surface area contributed by atoms with Gasteiger partial charge in [-0.25, -0.2) is 13.8 Å². The number of aryl methyl sites for hydroxylation is 1. The zero-order valence-electron chi connectivity index (χ0n) is 21.1. The van der Waals surface area contributed by atoms with Crippen LogP contribution in [0.4, 0.5) is 8.78 Å². The molecule has 1 saturated heterocycles. The van der Waals surface area contributed by atoms with Gasteiger partial charge in [0.15, 0.2) is 0 Å². The van der Waals surface area contributed by atoms with Gasteiger partial charge < -0.3 is 4.98 Å². The van der Waals surface area contributed by atoms with E-state index < -0.39 is 5.92 Å². The van der Waals surface area contributed by atoms with E-state index in [1.54, 1.807) is 17.3 Å². The third-order valence-electron chi connectivity index (χ3n) is 7.08. The molecule has 8 heteroatoms. The van der Waals surface area contributed by atoms with Gasteiger partial charge in [-0.1, -0.05) is 37.0 Å². The minimum Gasteiger partial charge on any atom is -0.357 e. The lowest BCUT2D eigenvalue weighted by Crippen LogP contribution is -2.24. The van der Waals surface area contributed by atoms with Crippen molar-refractivity contribution in [2.75, 3.05) is 13.1 Å². The molecule has 4 aromatic rings. The maximum absolute atomic E-state index is 13.6. The molecule has 0 unspecified atom stereocenters. The number of hydrogen-bond donors (Lipinski definition) is 2. The highest BCUT2D eigenvalue weighted by molar-refractivity contribution is 5.92. The van der Waals surface area contributed by atoms with Crippen LogP contribution >= 0.6 is 0 Å². The number of halogens is 2. The molecule has 0 radical (unpaired) electrons. The highest BCUT2D eigenvalue weighted by Gasteiger charge is 2.37. The quantitative estimate of drug-likeness (QED) is 0.274. The Morgan fingerprint density at radius 2 is 2.13 bits per heavy atom. The fraction of sp³-hybridized carbons (Fsp3) is 0.233. The number of hydrogen-bond acceptors (Lipinski definition) is 4. The molecule has 1 aliphatic heterocycles. The van der Waals surface area contributed by atoms with Crippen LogP contribution < -0.4 is 0 Å². The van der Waals surface area contributed by atoms with E-state index in [1.165, 1.54) is 5.57 Å². The van der Waals surface area contributed by atoms with Crippen LogP contribution in [-0.2, 0) is 6.54 Å². The number of alkyl halides is 2. The van der Waals surface area contributed by atoms with Crippen molar-refractivity contribution in [3.05, 3.63) is 96.0 Å². The van der Waals surface area contributed by atoms with Crippen LogP contribution in [0.5, 0.6) is 0 Å². The number of nitrogens with zero attached hydrogens (tertiary/aromatic N) is 4. The van der Waals surface area contributed by atoms with Crippen molar-refractivity contribution in [3.63, 3.8) is 0 Å². The number of likely N-dealkylation sites (tertiary alicyclic amines) is 1. The SMILES string of the molecule is C=C/C=C(/C1=CCC=C1)c1cc(-c2n[nH]c3ccc(-c4cncc(CN5CCC(F)(F)C5)c4)nc23)[nH]c1C. The van der Waals surface area contributed by atoms with E-state index in [-0.39, 0.29) is 13.0 Å². The Kier molecular flexibility index (Phi) is 6.12. The van der Waals surface area contributed by atoms with Gasteiger partial charge in [-0.15, -0.1) is 0 Å². The fourth-order valence-corrected chi connectivity index (χ4v) is 5.24. The van der Waals surface area contributed by atoms with Crippen LogP contribution in [0.3, 0.4) is 0 Å². The Morgan fingerprint density at radius 1 is 1.24 bits per heavy atom. The van der Waals surface area contributed by atoms with Gasteiger partial charge in [0, 0.05) is 48.7 Å². The summed E-state index contributed by atoms with van der Waals surface area (Å²) in [4.78, 5) is 14.6. The molecule has 6 rings (SSSR count). The highest BCUT2D eigenvalue weighted by Crippen LogP contribution is 2.35. The van der Waals surface area contributed by atoms with Crippen molar-refractivity contribution in [2.24, 2.45) is 0 Å². The first-order valence-corrected chi connectivity index (χ1v) is 12.7. The molecule has 4 aromatic heterocycles. The summed E-state index contributed by atoms with van der Waals surface area (Å²) in [6.45, 7) is 6.56. The van der Waals surface area contributed by atoms with E-state index in [2.05, 4.69) is 58.0 Å². The number of allylic oxidation sites excluding steroid dienone is 7.